The summed E-state index contributed by atoms with van der Waals surface area (Å²) in [4.78, 5) is 19.3. The first kappa shape index (κ1) is 19.9. The van der Waals surface area contributed by atoms with Gasteiger partial charge >= 0.3 is 0 Å². The second kappa shape index (κ2) is 9.39. The van der Waals surface area contributed by atoms with Gasteiger partial charge in [-0.3, -0.25) is 4.79 Å². The molecule has 0 bridgehead atoms. The van der Waals surface area contributed by atoms with Crippen molar-refractivity contribution in [1.29, 1.82) is 0 Å². The van der Waals surface area contributed by atoms with Crippen LogP contribution in [-0.4, -0.2) is 47.8 Å². The summed E-state index contributed by atoms with van der Waals surface area (Å²) in [5, 5.41) is 4.10. The minimum atomic E-state index is -0.162. The van der Waals surface area contributed by atoms with Gasteiger partial charge in [0.15, 0.2) is 5.82 Å². The molecule has 29 heavy (non-hydrogen) atoms. The highest BCUT2D eigenvalue weighted by atomic mass is 16.5. The molecule has 0 radical (unpaired) electrons. The number of carbonyl (C=O) groups is 1. The van der Waals surface area contributed by atoms with E-state index < -0.39 is 0 Å². The van der Waals surface area contributed by atoms with Crippen molar-refractivity contribution in [2.24, 2.45) is 5.92 Å². The van der Waals surface area contributed by atoms with E-state index in [4.69, 9.17) is 14.0 Å². The van der Waals surface area contributed by atoms with Gasteiger partial charge in [-0.15, -0.1) is 0 Å². The van der Waals surface area contributed by atoms with Gasteiger partial charge in [-0.1, -0.05) is 18.0 Å². The first-order valence-electron chi connectivity index (χ1n) is 10.6. The molecule has 1 saturated heterocycles. The van der Waals surface area contributed by atoms with Crippen LogP contribution in [0.3, 0.4) is 0 Å². The number of benzene rings is 1. The van der Waals surface area contributed by atoms with Gasteiger partial charge in [-0.05, 0) is 55.9 Å². The van der Waals surface area contributed by atoms with Gasteiger partial charge in [0, 0.05) is 25.1 Å². The van der Waals surface area contributed by atoms with E-state index in [-0.39, 0.29) is 11.9 Å². The molecule has 1 aliphatic carbocycles. The number of carbonyl (C=O) groups excluding carboxylic acids is 1. The van der Waals surface area contributed by atoms with Gasteiger partial charge < -0.3 is 18.9 Å². The number of nitrogens with zero attached hydrogens (tertiary/aromatic N) is 3. The molecule has 0 spiro atoms. The maximum atomic E-state index is 12.9. The third-order valence-electron chi connectivity index (χ3n) is 5.92. The van der Waals surface area contributed by atoms with Crippen molar-refractivity contribution >= 4 is 5.91 Å². The van der Waals surface area contributed by atoms with Crippen molar-refractivity contribution in [2.75, 3.05) is 26.9 Å². The fourth-order valence-corrected chi connectivity index (χ4v) is 4.26. The van der Waals surface area contributed by atoms with E-state index in [1.165, 1.54) is 25.7 Å². The maximum absolute atomic E-state index is 12.9. The monoisotopic (exact) mass is 399 g/mol. The van der Waals surface area contributed by atoms with Crippen LogP contribution in [0.15, 0.2) is 28.8 Å². The number of aromatic nitrogens is 2. The Morgan fingerprint density at radius 2 is 1.97 bits per heavy atom. The van der Waals surface area contributed by atoms with Crippen LogP contribution in [0.1, 0.15) is 66.6 Å². The van der Waals surface area contributed by atoms with E-state index in [9.17, 15) is 4.79 Å². The average molecular weight is 399 g/mol. The van der Waals surface area contributed by atoms with Crippen LogP contribution in [0.25, 0.3) is 0 Å². The highest BCUT2D eigenvalue weighted by molar-refractivity contribution is 5.94. The predicted molar refractivity (Wildman–Crippen MR) is 107 cm³/mol. The van der Waals surface area contributed by atoms with Gasteiger partial charge in [0.1, 0.15) is 11.8 Å². The van der Waals surface area contributed by atoms with Crippen molar-refractivity contribution in [2.45, 2.75) is 51.0 Å². The molecule has 156 valence electrons. The number of amides is 1. The fraction of sp³-hybridized carbons (Fsp3) is 0.591. The quantitative estimate of drug-likeness (QED) is 0.628. The largest absolute Gasteiger partial charge is 0.497 e. The summed E-state index contributed by atoms with van der Waals surface area (Å²) in [6.45, 7) is 2.13. The summed E-state index contributed by atoms with van der Waals surface area (Å²) >= 11 is 0. The lowest BCUT2D eigenvalue weighted by Gasteiger charge is -2.22. The first-order valence-corrected chi connectivity index (χ1v) is 10.6. The average Bonchev–Trinajstić information content (AvgIpc) is 3.52. The van der Waals surface area contributed by atoms with Crippen LogP contribution < -0.4 is 4.74 Å². The molecule has 2 aliphatic rings. The zero-order chi connectivity index (χ0) is 20.1. The Kier molecular flexibility index (Phi) is 6.44. The van der Waals surface area contributed by atoms with E-state index in [0.29, 0.717) is 42.8 Å². The lowest BCUT2D eigenvalue weighted by molar-refractivity contribution is 0.0710. The molecule has 4 rings (SSSR count). The van der Waals surface area contributed by atoms with Crippen LogP contribution >= 0.6 is 0 Å². The van der Waals surface area contributed by atoms with Gasteiger partial charge in [0.2, 0.25) is 5.89 Å². The third-order valence-corrected chi connectivity index (χ3v) is 5.92. The highest BCUT2D eigenvalue weighted by Crippen LogP contribution is 2.32. The lowest BCUT2D eigenvalue weighted by Crippen LogP contribution is -2.30. The van der Waals surface area contributed by atoms with Crippen molar-refractivity contribution in [3.05, 3.63) is 41.5 Å². The van der Waals surface area contributed by atoms with Crippen LogP contribution in [0.4, 0.5) is 0 Å². The Morgan fingerprint density at radius 3 is 2.72 bits per heavy atom. The Labute approximate surface area is 171 Å². The molecule has 7 nitrogen and oxygen atoms in total. The Bertz CT molecular complexity index is 799. The normalized spacial score (nSPS) is 19.8. The zero-order valence-corrected chi connectivity index (χ0v) is 17.0. The third kappa shape index (κ3) is 4.78. The molecule has 2 aromatic rings. The zero-order valence-electron chi connectivity index (χ0n) is 17.0. The molecule has 1 unspecified atom stereocenters. The van der Waals surface area contributed by atoms with Crippen molar-refractivity contribution in [3.63, 3.8) is 0 Å². The highest BCUT2D eigenvalue weighted by Gasteiger charge is 2.34. The maximum Gasteiger partial charge on any atom is 0.254 e. The van der Waals surface area contributed by atoms with Crippen LogP contribution in [0, 0.1) is 5.92 Å². The molecule has 1 amide bonds. The molecule has 1 saturated carbocycles. The molecule has 1 atom stereocenters. The van der Waals surface area contributed by atoms with Crippen molar-refractivity contribution in [3.8, 4) is 5.75 Å². The Hall–Kier alpha value is -2.41. The number of hydrogen-bond acceptors (Lipinski definition) is 6. The van der Waals surface area contributed by atoms with Crippen molar-refractivity contribution < 1.29 is 18.8 Å². The summed E-state index contributed by atoms with van der Waals surface area (Å²) in [5.41, 5.74) is 0.637. The van der Waals surface area contributed by atoms with Gasteiger partial charge in [-0.2, -0.15) is 4.98 Å². The topological polar surface area (TPSA) is 77.7 Å². The predicted octanol–water partition coefficient (Wildman–Crippen LogP) is 3.80. The van der Waals surface area contributed by atoms with Crippen molar-refractivity contribution in [1.82, 2.24) is 15.0 Å². The first-order chi connectivity index (χ1) is 14.2. The minimum absolute atomic E-state index is 0.0187. The van der Waals surface area contributed by atoms with E-state index in [2.05, 4.69) is 10.1 Å². The van der Waals surface area contributed by atoms with Crippen LogP contribution in [0.2, 0.25) is 0 Å². The van der Waals surface area contributed by atoms with Gasteiger partial charge in [-0.25, -0.2) is 0 Å². The fourth-order valence-electron chi connectivity index (χ4n) is 4.26. The molecule has 1 aromatic carbocycles. The number of methoxy groups -OCH3 is 1. The van der Waals surface area contributed by atoms with E-state index in [0.717, 1.165) is 25.2 Å². The Balaban J connectivity index is 1.32. The summed E-state index contributed by atoms with van der Waals surface area (Å²) in [7, 11) is 1.61. The summed E-state index contributed by atoms with van der Waals surface area (Å²) in [6, 6.07) is 7.02. The van der Waals surface area contributed by atoms with Gasteiger partial charge in [0.05, 0.1) is 13.7 Å². The number of ether oxygens (including phenoxy) is 2. The number of rotatable bonds is 8. The molecule has 7 heteroatoms. The number of hydrogen-bond donors (Lipinski definition) is 0. The minimum Gasteiger partial charge on any atom is -0.497 e. The van der Waals surface area contributed by atoms with E-state index >= 15 is 0 Å². The lowest BCUT2D eigenvalue weighted by atomic mass is 10.1. The summed E-state index contributed by atoms with van der Waals surface area (Å²) in [6.07, 6.45) is 7.62. The molecule has 1 aliphatic heterocycles. The van der Waals surface area contributed by atoms with E-state index in [1.807, 2.05) is 4.90 Å². The number of likely N-dealkylation sites (tertiary alicyclic amines) is 1. The standard InChI is InChI=1S/C22H29N3O4/c1-27-18-10-8-17(9-11-18)22(26)25-13-4-7-19(25)21-23-20(24-29-21)12-14-28-15-16-5-2-3-6-16/h8-11,16,19H,2-7,12-15H2,1H3. The Morgan fingerprint density at radius 1 is 1.17 bits per heavy atom. The second-order valence-corrected chi connectivity index (χ2v) is 7.91. The summed E-state index contributed by atoms with van der Waals surface area (Å²) < 4.78 is 16.5. The molecule has 2 heterocycles. The molecular weight excluding hydrogens is 370 g/mol. The van der Waals surface area contributed by atoms with E-state index in [1.54, 1.807) is 31.4 Å². The van der Waals surface area contributed by atoms with Crippen LogP contribution in [-0.2, 0) is 11.2 Å². The smallest absolute Gasteiger partial charge is 0.254 e. The molecule has 0 N–H and O–H groups in total. The molecular formula is C22H29N3O4. The summed E-state index contributed by atoms with van der Waals surface area (Å²) in [5.74, 6) is 2.60. The molecule has 2 fully saturated rings. The second-order valence-electron chi connectivity index (χ2n) is 7.91. The molecule has 1 aromatic heterocycles. The van der Waals surface area contributed by atoms with Crippen LogP contribution in [0.5, 0.6) is 5.75 Å². The SMILES string of the molecule is COc1ccc(C(=O)N2CCCC2c2nc(CCOCC3CCCC3)no2)cc1. The van der Waals surface area contributed by atoms with Gasteiger partial charge in [0.25, 0.3) is 5.91 Å².